The number of aromatic nitrogens is 2. The predicted octanol–water partition coefficient (Wildman–Crippen LogP) is 1.48. The summed E-state index contributed by atoms with van der Waals surface area (Å²) in [5, 5.41) is 0. The first-order chi connectivity index (χ1) is 13.5. The molecule has 0 bridgehead atoms. The van der Waals surface area contributed by atoms with E-state index in [4.69, 9.17) is 4.74 Å². The van der Waals surface area contributed by atoms with Gasteiger partial charge in [0.1, 0.15) is 5.75 Å². The van der Waals surface area contributed by atoms with E-state index in [1.165, 1.54) is 11.1 Å². The third-order valence-corrected chi connectivity index (χ3v) is 5.65. The van der Waals surface area contributed by atoms with Gasteiger partial charge in [0.15, 0.2) is 0 Å². The molecule has 1 N–H and O–H groups in total. The van der Waals surface area contributed by atoms with E-state index in [1.807, 2.05) is 19.0 Å². The van der Waals surface area contributed by atoms with Gasteiger partial charge in [0, 0.05) is 58.8 Å². The van der Waals surface area contributed by atoms with Crippen LogP contribution in [0.2, 0.25) is 0 Å². The lowest BCUT2D eigenvalue weighted by Crippen LogP contribution is -2.34. The molecular formula is C21H29N5O2. The Morgan fingerprint density at radius 1 is 1.29 bits per heavy atom. The summed E-state index contributed by atoms with van der Waals surface area (Å²) < 4.78 is 5.61. The van der Waals surface area contributed by atoms with Crippen molar-refractivity contribution in [1.29, 1.82) is 0 Å². The van der Waals surface area contributed by atoms with Crippen LogP contribution in [0.3, 0.4) is 0 Å². The molecule has 3 heterocycles. The van der Waals surface area contributed by atoms with Crippen molar-refractivity contribution in [2.45, 2.75) is 32.0 Å². The van der Waals surface area contributed by atoms with Crippen LogP contribution < -0.4 is 15.2 Å². The largest absolute Gasteiger partial charge is 0.493 e. The van der Waals surface area contributed by atoms with E-state index in [0.717, 1.165) is 50.5 Å². The van der Waals surface area contributed by atoms with E-state index in [-0.39, 0.29) is 5.56 Å². The number of hydrogen-bond acceptors (Lipinski definition) is 6. The van der Waals surface area contributed by atoms with Crippen LogP contribution >= 0.6 is 0 Å². The van der Waals surface area contributed by atoms with Gasteiger partial charge in [0.2, 0.25) is 5.95 Å². The van der Waals surface area contributed by atoms with Crippen LogP contribution in [0.15, 0.2) is 29.1 Å². The number of nitrogens with zero attached hydrogens (tertiary/aromatic N) is 4. The molecule has 1 fully saturated rings. The highest BCUT2D eigenvalue weighted by molar-refractivity contribution is 5.39. The van der Waals surface area contributed by atoms with Crippen LogP contribution in [0.25, 0.3) is 0 Å². The third kappa shape index (κ3) is 4.20. The van der Waals surface area contributed by atoms with Gasteiger partial charge in [-0.15, -0.1) is 0 Å². The Balaban J connectivity index is 1.35. The van der Waals surface area contributed by atoms with Gasteiger partial charge < -0.3 is 9.64 Å². The van der Waals surface area contributed by atoms with E-state index >= 15 is 0 Å². The molecule has 2 aliphatic heterocycles. The maximum absolute atomic E-state index is 11.9. The minimum absolute atomic E-state index is 0.101. The second kappa shape index (κ2) is 7.93. The van der Waals surface area contributed by atoms with Crippen molar-refractivity contribution >= 4 is 5.95 Å². The molecular weight excluding hydrogens is 354 g/mol. The van der Waals surface area contributed by atoms with E-state index in [1.54, 1.807) is 6.07 Å². The lowest BCUT2D eigenvalue weighted by atomic mass is 10.1. The summed E-state index contributed by atoms with van der Waals surface area (Å²) in [5.41, 5.74) is 3.41. The first kappa shape index (κ1) is 19.0. The zero-order valence-corrected chi connectivity index (χ0v) is 16.9. The molecule has 1 aromatic carbocycles. The molecule has 2 aliphatic rings. The maximum Gasteiger partial charge on any atom is 0.252 e. The molecule has 0 radical (unpaired) electrons. The molecule has 28 heavy (non-hydrogen) atoms. The number of likely N-dealkylation sites (tertiary alicyclic amines) is 1. The van der Waals surface area contributed by atoms with Gasteiger partial charge in [0.05, 0.1) is 12.3 Å². The van der Waals surface area contributed by atoms with E-state index in [0.29, 0.717) is 18.5 Å². The molecule has 0 spiro atoms. The molecule has 0 amide bonds. The maximum atomic E-state index is 11.9. The highest BCUT2D eigenvalue weighted by atomic mass is 16.5. The van der Waals surface area contributed by atoms with Crippen molar-refractivity contribution in [2.75, 3.05) is 45.7 Å². The van der Waals surface area contributed by atoms with Gasteiger partial charge in [0.25, 0.3) is 5.56 Å². The van der Waals surface area contributed by atoms with Crippen LogP contribution in [0, 0.1) is 0 Å². The van der Waals surface area contributed by atoms with Gasteiger partial charge in [-0.05, 0) is 30.7 Å². The predicted molar refractivity (Wildman–Crippen MR) is 110 cm³/mol. The van der Waals surface area contributed by atoms with E-state index in [9.17, 15) is 4.79 Å². The molecule has 7 heteroatoms. The summed E-state index contributed by atoms with van der Waals surface area (Å²) in [6.07, 6.45) is 2.15. The SMILES string of the molecule is CN(C)c1nc(CN(C)C2CCN(Cc3ccc4c(c3)CCO4)C2)cc(=O)[nH]1. The summed E-state index contributed by atoms with van der Waals surface area (Å²) in [4.78, 5) is 25.9. The fourth-order valence-corrected chi connectivity index (χ4v) is 4.08. The van der Waals surface area contributed by atoms with Crippen LogP contribution in [0.4, 0.5) is 5.95 Å². The highest BCUT2D eigenvalue weighted by Gasteiger charge is 2.26. The number of hydrogen-bond donors (Lipinski definition) is 1. The highest BCUT2D eigenvalue weighted by Crippen LogP contribution is 2.27. The van der Waals surface area contributed by atoms with Gasteiger partial charge in [-0.3, -0.25) is 19.6 Å². The Morgan fingerprint density at radius 2 is 2.14 bits per heavy atom. The zero-order valence-electron chi connectivity index (χ0n) is 16.9. The summed E-state index contributed by atoms with van der Waals surface area (Å²) in [7, 11) is 5.89. The van der Waals surface area contributed by atoms with Crippen LogP contribution in [-0.2, 0) is 19.5 Å². The van der Waals surface area contributed by atoms with E-state index < -0.39 is 0 Å². The van der Waals surface area contributed by atoms with Crippen molar-refractivity contribution in [3.8, 4) is 5.75 Å². The fraction of sp³-hybridized carbons (Fsp3) is 0.524. The first-order valence-corrected chi connectivity index (χ1v) is 9.93. The van der Waals surface area contributed by atoms with Crippen molar-refractivity contribution in [3.05, 3.63) is 51.4 Å². The number of anilines is 1. The molecule has 1 aromatic heterocycles. The monoisotopic (exact) mass is 383 g/mol. The minimum atomic E-state index is -0.101. The zero-order chi connectivity index (χ0) is 19.7. The number of ether oxygens (including phenoxy) is 1. The Labute approximate surface area is 165 Å². The second-order valence-electron chi connectivity index (χ2n) is 8.09. The Hall–Kier alpha value is -2.38. The Kier molecular flexibility index (Phi) is 5.37. The molecule has 150 valence electrons. The van der Waals surface area contributed by atoms with Gasteiger partial charge in [-0.25, -0.2) is 4.98 Å². The number of rotatable bonds is 6. The quantitative estimate of drug-likeness (QED) is 0.815. The van der Waals surface area contributed by atoms with Crippen molar-refractivity contribution < 1.29 is 4.74 Å². The lowest BCUT2D eigenvalue weighted by molar-refractivity contribution is 0.220. The number of H-pyrrole nitrogens is 1. The first-order valence-electron chi connectivity index (χ1n) is 9.93. The smallest absolute Gasteiger partial charge is 0.252 e. The average Bonchev–Trinajstić information content (AvgIpc) is 3.30. The molecule has 0 saturated carbocycles. The van der Waals surface area contributed by atoms with Gasteiger partial charge in [-0.2, -0.15) is 0 Å². The Bertz CT molecular complexity index is 895. The molecule has 1 saturated heterocycles. The molecule has 4 rings (SSSR count). The number of benzene rings is 1. The number of likely N-dealkylation sites (N-methyl/N-ethyl adjacent to an activating group) is 1. The molecule has 7 nitrogen and oxygen atoms in total. The second-order valence-corrected chi connectivity index (χ2v) is 8.09. The summed E-state index contributed by atoms with van der Waals surface area (Å²) in [6.45, 7) is 4.59. The molecule has 1 unspecified atom stereocenters. The van der Waals surface area contributed by atoms with Crippen LogP contribution in [0.1, 0.15) is 23.2 Å². The summed E-state index contributed by atoms with van der Waals surface area (Å²) in [6, 6.07) is 8.66. The molecule has 0 aliphatic carbocycles. The van der Waals surface area contributed by atoms with Crippen molar-refractivity contribution in [3.63, 3.8) is 0 Å². The lowest BCUT2D eigenvalue weighted by Gasteiger charge is -2.25. The molecule has 1 atom stereocenters. The summed E-state index contributed by atoms with van der Waals surface area (Å²) in [5.74, 6) is 1.65. The molecule has 2 aromatic rings. The summed E-state index contributed by atoms with van der Waals surface area (Å²) >= 11 is 0. The van der Waals surface area contributed by atoms with Gasteiger partial charge >= 0.3 is 0 Å². The van der Waals surface area contributed by atoms with E-state index in [2.05, 4.69) is 45.0 Å². The standard InChI is InChI=1S/C21H29N5O2/c1-24(2)21-22-17(11-20(27)23-21)13-25(3)18-6-8-26(14-18)12-15-4-5-19-16(10-15)7-9-28-19/h4-5,10-11,18H,6-9,12-14H2,1-3H3,(H,22,23,27). The normalized spacial score (nSPS) is 19.1. The van der Waals surface area contributed by atoms with Crippen LogP contribution in [-0.4, -0.2) is 66.6 Å². The number of nitrogens with one attached hydrogen (secondary N) is 1. The van der Waals surface area contributed by atoms with Crippen molar-refractivity contribution in [1.82, 2.24) is 19.8 Å². The fourth-order valence-electron chi connectivity index (χ4n) is 4.08. The van der Waals surface area contributed by atoms with Crippen LogP contribution in [0.5, 0.6) is 5.75 Å². The minimum Gasteiger partial charge on any atom is -0.493 e. The number of fused-ring (bicyclic) bond motifs is 1. The van der Waals surface area contributed by atoms with Gasteiger partial charge in [-0.1, -0.05) is 12.1 Å². The average molecular weight is 383 g/mol. The Morgan fingerprint density at radius 3 is 2.96 bits per heavy atom. The number of aromatic amines is 1. The topological polar surface area (TPSA) is 64.7 Å². The third-order valence-electron chi connectivity index (χ3n) is 5.65. The van der Waals surface area contributed by atoms with Crippen molar-refractivity contribution in [2.24, 2.45) is 0 Å².